The normalized spacial score (nSPS) is 12.9. The average molecular weight is 867 g/mol. The zero-order chi connectivity index (χ0) is 43.2. The van der Waals surface area contributed by atoms with Crippen LogP contribution >= 0.6 is 11.3 Å². The van der Waals surface area contributed by atoms with Gasteiger partial charge in [-0.05, 0) is 63.5 Å². The van der Waals surface area contributed by atoms with Crippen LogP contribution in [0.4, 0.5) is 0 Å². The van der Waals surface area contributed by atoms with E-state index in [2.05, 4.69) is 175 Å². The molecular weight excluding hydrogens is 829 g/mol. The van der Waals surface area contributed by atoms with Gasteiger partial charge in [0.25, 0.3) is 0 Å². The summed E-state index contributed by atoms with van der Waals surface area (Å²) in [5, 5.41) is 7.41. The predicted molar refractivity (Wildman–Crippen MR) is 272 cm³/mol. The first-order valence-electron chi connectivity index (χ1n) is 21.9. The number of nitrogens with zero attached hydrogens (tertiary/aromatic N) is 6. The van der Waals surface area contributed by atoms with Gasteiger partial charge in [0.2, 0.25) is 5.95 Å². The molecule has 0 bridgehead atoms. The van der Waals surface area contributed by atoms with E-state index >= 15 is 0 Å². The quantitative estimate of drug-likeness (QED) is 0.156. The van der Waals surface area contributed by atoms with Gasteiger partial charge in [0.15, 0.2) is 17.5 Å². The Kier molecular flexibility index (Phi) is 8.43. The van der Waals surface area contributed by atoms with Crippen molar-refractivity contribution in [2.75, 3.05) is 0 Å². The Bertz CT molecular complexity index is 3800. The SMILES string of the molecule is C[Si]1(C)c2ccccc2-c2nc(-c3ccc4c(c3)c3cc(-c5cccc6c5sc5ccccc56)ccc3n4-c3nc(-c4ccccc4)nc(-c4ccccc4)n3)nc(-c3ccccc3)c21. The second-order valence-electron chi connectivity index (χ2n) is 17.3. The fourth-order valence-corrected chi connectivity index (χ4v) is 14.4. The summed E-state index contributed by atoms with van der Waals surface area (Å²) in [4.78, 5) is 26.5. The van der Waals surface area contributed by atoms with Crippen LogP contribution in [-0.4, -0.2) is 37.6 Å². The van der Waals surface area contributed by atoms with Crippen LogP contribution in [0, 0.1) is 0 Å². The van der Waals surface area contributed by atoms with Crippen LogP contribution in [0.25, 0.3) is 116 Å². The minimum Gasteiger partial charge on any atom is -0.278 e. The van der Waals surface area contributed by atoms with Gasteiger partial charge >= 0.3 is 0 Å². The molecule has 13 rings (SSSR count). The van der Waals surface area contributed by atoms with Gasteiger partial charge < -0.3 is 0 Å². The van der Waals surface area contributed by atoms with E-state index < -0.39 is 8.07 Å². The Labute approximate surface area is 380 Å². The minimum absolute atomic E-state index is 0.550. The van der Waals surface area contributed by atoms with E-state index in [0.29, 0.717) is 23.4 Å². The van der Waals surface area contributed by atoms with Crippen molar-refractivity contribution in [2.24, 2.45) is 0 Å². The summed E-state index contributed by atoms with van der Waals surface area (Å²) >= 11 is 1.85. The summed E-state index contributed by atoms with van der Waals surface area (Å²) in [5.74, 6) is 2.48. The summed E-state index contributed by atoms with van der Waals surface area (Å²) in [5.41, 5.74) is 11.5. The highest BCUT2D eigenvalue weighted by Crippen LogP contribution is 2.43. The monoisotopic (exact) mass is 866 g/mol. The van der Waals surface area contributed by atoms with Gasteiger partial charge in [-0.1, -0.05) is 171 Å². The Hall–Kier alpha value is -7.91. The minimum atomic E-state index is -2.12. The van der Waals surface area contributed by atoms with Gasteiger partial charge in [-0.15, -0.1) is 11.3 Å². The zero-order valence-electron chi connectivity index (χ0n) is 35.6. The Morgan fingerprint density at radius 1 is 0.400 bits per heavy atom. The number of fused-ring (bicyclic) bond motifs is 9. The van der Waals surface area contributed by atoms with Crippen molar-refractivity contribution in [2.45, 2.75) is 13.1 Å². The molecule has 0 radical (unpaired) electrons. The highest BCUT2D eigenvalue weighted by molar-refractivity contribution is 7.26. The van der Waals surface area contributed by atoms with E-state index in [1.54, 1.807) is 0 Å². The Balaban J connectivity index is 1.08. The lowest BCUT2D eigenvalue weighted by molar-refractivity contribution is 0.953. The third-order valence-electron chi connectivity index (χ3n) is 13.1. The molecular formula is C57H38N6SSi. The lowest BCUT2D eigenvalue weighted by atomic mass is 10.00. The molecule has 8 heteroatoms. The van der Waals surface area contributed by atoms with Crippen LogP contribution < -0.4 is 10.4 Å². The van der Waals surface area contributed by atoms with E-state index in [1.807, 2.05) is 47.7 Å². The summed E-state index contributed by atoms with van der Waals surface area (Å²) in [6, 6.07) is 68.6. The largest absolute Gasteiger partial charge is 0.278 e. The van der Waals surface area contributed by atoms with Crippen molar-refractivity contribution in [3.63, 3.8) is 0 Å². The second-order valence-corrected chi connectivity index (χ2v) is 22.6. The maximum Gasteiger partial charge on any atom is 0.238 e. The molecule has 65 heavy (non-hydrogen) atoms. The highest BCUT2D eigenvalue weighted by Gasteiger charge is 2.41. The second kappa shape index (κ2) is 14.6. The third kappa shape index (κ3) is 5.95. The molecule has 4 aromatic heterocycles. The van der Waals surface area contributed by atoms with Crippen LogP contribution in [0.1, 0.15) is 0 Å². The van der Waals surface area contributed by atoms with Gasteiger partial charge in [-0.25, -0.2) is 15.0 Å². The summed E-state index contributed by atoms with van der Waals surface area (Å²) in [7, 11) is -2.12. The lowest BCUT2D eigenvalue weighted by Crippen LogP contribution is -2.50. The molecule has 0 amide bonds. The molecule has 0 N–H and O–H groups in total. The van der Waals surface area contributed by atoms with E-state index in [-0.39, 0.29) is 0 Å². The number of hydrogen-bond donors (Lipinski definition) is 0. The van der Waals surface area contributed by atoms with E-state index in [1.165, 1.54) is 41.7 Å². The van der Waals surface area contributed by atoms with Crippen molar-refractivity contribution in [1.82, 2.24) is 29.5 Å². The van der Waals surface area contributed by atoms with Crippen LogP contribution in [0.15, 0.2) is 194 Å². The van der Waals surface area contributed by atoms with Crippen LogP contribution in [0.2, 0.25) is 13.1 Å². The standard InChI is InChI=1S/C57H38N6SSi/c1-65(2)49-28-15-13-24-43(49)51-53(65)50(35-17-6-3-7-18-35)58-56(59-51)39-30-32-47-45(34-39)44-33-38(40-25-16-26-42-41-23-12-14-27-48(41)64-52(40)42)29-31-46(44)63(47)57-61-54(36-19-8-4-9-20-36)60-55(62-57)37-21-10-5-11-22-37/h3-34H,1-2H3. The zero-order valence-corrected chi connectivity index (χ0v) is 37.4. The summed E-state index contributed by atoms with van der Waals surface area (Å²) < 4.78 is 4.76. The fourth-order valence-electron chi connectivity index (χ4n) is 9.97. The number of aromatic nitrogens is 6. The van der Waals surface area contributed by atoms with Gasteiger partial charge in [0, 0.05) is 53.2 Å². The van der Waals surface area contributed by atoms with Gasteiger partial charge in [0.1, 0.15) is 8.07 Å². The van der Waals surface area contributed by atoms with Gasteiger partial charge in [0.05, 0.1) is 22.4 Å². The number of thiophene rings is 1. The molecule has 12 aromatic rings. The maximum absolute atomic E-state index is 5.51. The topological polar surface area (TPSA) is 69.4 Å². The Morgan fingerprint density at radius 2 is 0.938 bits per heavy atom. The molecule has 0 fully saturated rings. The van der Waals surface area contributed by atoms with Crippen molar-refractivity contribution in [3.8, 4) is 73.8 Å². The molecule has 8 aromatic carbocycles. The molecule has 1 aliphatic rings. The average Bonchev–Trinajstić information content (AvgIpc) is 3.99. The fraction of sp³-hybridized carbons (Fsp3) is 0.0351. The highest BCUT2D eigenvalue weighted by atomic mass is 32.1. The third-order valence-corrected chi connectivity index (χ3v) is 17.8. The maximum atomic E-state index is 5.51. The molecule has 0 atom stereocenters. The first-order valence-corrected chi connectivity index (χ1v) is 25.7. The number of hydrogen-bond acceptors (Lipinski definition) is 6. The molecule has 0 saturated carbocycles. The summed E-state index contributed by atoms with van der Waals surface area (Å²) in [6.07, 6.45) is 0. The molecule has 306 valence electrons. The number of rotatable bonds is 6. The first kappa shape index (κ1) is 37.6. The van der Waals surface area contributed by atoms with Crippen molar-refractivity contribution in [1.29, 1.82) is 0 Å². The van der Waals surface area contributed by atoms with Gasteiger partial charge in [-0.2, -0.15) is 9.97 Å². The molecule has 0 spiro atoms. The van der Waals surface area contributed by atoms with Crippen LogP contribution in [-0.2, 0) is 0 Å². The van der Waals surface area contributed by atoms with Crippen molar-refractivity contribution >= 4 is 71.8 Å². The van der Waals surface area contributed by atoms with E-state index in [0.717, 1.165) is 61.0 Å². The van der Waals surface area contributed by atoms with Gasteiger partial charge in [-0.3, -0.25) is 4.57 Å². The molecule has 5 heterocycles. The predicted octanol–water partition coefficient (Wildman–Crippen LogP) is 13.3. The van der Waals surface area contributed by atoms with Crippen molar-refractivity contribution in [3.05, 3.63) is 194 Å². The van der Waals surface area contributed by atoms with Crippen molar-refractivity contribution < 1.29 is 0 Å². The lowest BCUT2D eigenvalue weighted by Gasteiger charge is -2.21. The smallest absolute Gasteiger partial charge is 0.238 e. The van der Waals surface area contributed by atoms with Crippen LogP contribution in [0.5, 0.6) is 0 Å². The molecule has 6 nitrogen and oxygen atoms in total. The molecule has 0 unspecified atom stereocenters. The van der Waals surface area contributed by atoms with E-state index in [4.69, 9.17) is 24.9 Å². The molecule has 1 aliphatic heterocycles. The number of benzene rings is 8. The first-order chi connectivity index (χ1) is 32.0. The molecule has 0 saturated heterocycles. The molecule has 0 aliphatic carbocycles. The van der Waals surface area contributed by atoms with E-state index in [9.17, 15) is 0 Å². The van der Waals surface area contributed by atoms with Crippen LogP contribution in [0.3, 0.4) is 0 Å². The summed E-state index contributed by atoms with van der Waals surface area (Å²) in [6.45, 7) is 4.86. The Morgan fingerprint density at radius 3 is 1.65 bits per heavy atom.